The SMILES string of the molecule is C.C.C.C.C[N+](C)(C)CC1(c2ccc(F)cc2)CCCC1.C[N+](C)(C)CC1(c2cccc(F)c2)CCCC1.C[N+](C)(C)CC1(c2ccccc2)CCCC1.C[N+](C)(C)CC1(c2ccccc2)CCCCC1.C[N+](C)(C)CC1(c2ccccc2F)CCCC1. The quantitative estimate of drug-likeness (QED) is 0.0917. The zero-order valence-corrected chi connectivity index (χ0v) is 56.0. The fourth-order valence-electron chi connectivity index (χ4n) is 16.7. The maximum Gasteiger partial charge on any atom is 0.127 e. The lowest BCUT2D eigenvalue weighted by molar-refractivity contribution is -0.875. The molecular weight excluding hydrogens is 1090 g/mol. The molecule has 5 aliphatic rings. The second kappa shape index (κ2) is 33.8. The van der Waals surface area contributed by atoms with E-state index in [1.165, 1.54) is 152 Å². The number of nitrogens with zero attached hydrogens (tertiary/aromatic N) is 5. The Bertz CT molecular complexity index is 2690. The summed E-state index contributed by atoms with van der Waals surface area (Å²) in [6.07, 6.45) is 27.2. The predicted octanol–water partition coefficient (Wildman–Crippen LogP) is 19.4. The first-order chi connectivity index (χ1) is 39.3. The minimum atomic E-state index is -0.132. The third-order valence-corrected chi connectivity index (χ3v) is 19.0. The van der Waals surface area contributed by atoms with Gasteiger partial charge >= 0.3 is 0 Å². The lowest BCUT2D eigenvalue weighted by Crippen LogP contribution is -2.48. The topological polar surface area (TPSA) is 0 Å². The zero-order valence-electron chi connectivity index (χ0n) is 56.0. The van der Waals surface area contributed by atoms with E-state index in [9.17, 15) is 13.2 Å². The van der Waals surface area contributed by atoms with Gasteiger partial charge in [0.05, 0.1) is 138 Å². The van der Waals surface area contributed by atoms with Crippen molar-refractivity contribution in [3.8, 4) is 0 Å². The van der Waals surface area contributed by atoms with Crippen LogP contribution in [0, 0.1) is 17.5 Å². The van der Waals surface area contributed by atoms with Crippen LogP contribution in [0.2, 0.25) is 0 Å². The molecule has 5 aromatic carbocycles. The second-order valence-electron chi connectivity index (χ2n) is 32.3. The summed E-state index contributed by atoms with van der Waals surface area (Å²) in [6, 6.07) is 44.1. The van der Waals surface area contributed by atoms with Crippen molar-refractivity contribution in [2.75, 3.05) is 138 Å². The van der Waals surface area contributed by atoms with E-state index in [4.69, 9.17) is 0 Å². The minimum Gasteiger partial charge on any atom is -0.330 e. The van der Waals surface area contributed by atoms with Gasteiger partial charge in [-0.1, -0.05) is 203 Å². The van der Waals surface area contributed by atoms with Crippen LogP contribution in [0.4, 0.5) is 13.2 Å². The lowest BCUT2D eigenvalue weighted by atomic mass is 9.69. The van der Waals surface area contributed by atoms with Crippen molar-refractivity contribution in [2.45, 2.75) is 192 Å². The summed E-state index contributed by atoms with van der Waals surface area (Å²) in [4.78, 5) is 0. The summed E-state index contributed by atoms with van der Waals surface area (Å²) >= 11 is 0. The summed E-state index contributed by atoms with van der Waals surface area (Å²) in [6.45, 7) is 5.77. The van der Waals surface area contributed by atoms with E-state index in [-0.39, 0.29) is 63.4 Å². The second-order valence-corrected chi connectivity index (χ2v) is 32.3. The smallest absolute Gasteiger partial charge is 0.127 e. The number of hydrogen-bond donors (Lipinski definition) is 0. The highest BCUT2D eigenvalue weighted by Crippen LogP contribution is 2.46. The number of benzene rings is 5. The Morgan fingerprint density at radius 3 is 0.841 bits per heavy atom. The number of hydrogen-bond acceptors (Lipinski definition) is 0. The summed E-state index contributed by atoms with van der Waals surface area (Å²) in [7, 11) is 33.9. The molecule has 0 amide bonds. The first kappa shape index (κ1) is 79.8. The van der Waals surface area contributed by atoms with E-state index >= 15 is 0 Å². The molecule has 88 heavy (non-hydrogen) atoms. The van der Waals surface area contributed by atoms with Crippen molar-refractivity contribution in [2.24, 2.45) is 0 Å². The van der Waals surface area contributed by atoms with Crippen molar-refractivity contribution < 1.29 is 35.6 Å². The zero-order chi connectivity index (χ0) is 61.6. The monoisotopic (exact) mass is 1220 g/mol. The predicted molar refractivity (Wildman–Crippen MR) is 379 cm³/mol. The Morgan fingerprint density at radius 2 is 0.523 bits per heavy atom. The molecule has 0 aromatic heterocycles. The molecule has 0 atom stereocenters. The van der Waals surface area contributed by atoms with Crippen molar-refractivity contribution in [1.82, 2.24) is 0 Å². The molecule has 0 radical (unpaired) electrons. The van der Waals surface area contributed by atoms with Gasteiger partial charge in [0.1, 0.15) is 17.5 Å². The molecule has 8 heteroatoms. The van der Waals surface area contributed by atoms with Crippen LogP contribution in [-0.4, -0.2) is 161 Å². The fourth-order valence-corrected chi connectivity index (χ4v) is 16.7. The third-order valence-electron chi connectivity index (χ3n) is 19.0. The standard InChI is InChI=1S/C16H26N.3C15H23FN.C15H24N.4CH4/c1-17(2,3)14-16(12-8-5-9-13-16)15-10-6-4-7-11-15;1-17(2,3)12-15(10-4-5-11-15)13-6-8-14(16)9-7-13;1-17(2,3)12-15(9-4-5-10-15)13-7-6-8-14(16)11-13;1-17(2,3)12-15(10-6-7-11-15)13-8-4-5-9-14(13)16;1-16(2,3)13-15(11-7-8-12-15)14-9-5-4-6-10-14;;;;/h4,6-7,10-11H,5,8-9,12-14H2,1-3H3;6-9H,4-5,10-12H2,1-3H3;6-8,11H,4-5,9-10,12H2,1-3H3;4-5,8-9H,6-7,10-12H2,1-3H3;4-6,9-10H,7-8,11-13H2,1-3H3;4*1H4/q5*+1;;;;. The first-order valence-electron chi connectivity index (χ1n) is 32.7. The Labute approximate surface area is 541 Å². The van der Waals surface area contributed by atoms with Crippen molar-refractivity contribution >= 4 is 0 Å². The van der Waals surface area contributed by atoms with E-state index in [0.717, 1.165) is 60.5 Å². The first-order valence-corrected chi connectivity index (χ1v) is 32.7. The van der Waals surface area contributed by atoms with Gasteiger partial charge in [-0.05, 0) is 122 Å². The molecule has 0 spiro atoms. The Hall–Kier alpha value is -4.31. The Balaban J connectivity index is 0.000000371. The molecule has 0 saturated heterocycles. The van der Waals surface area contributed by atoms with Crippen LogP contribution in [0.3, 0.4) is 0 Å². The number of halogens is 3. The molecule has 0 bridgehead atoms. The van der Waals surface area contributed by atoms with Gasteiger partial charge in [0.25, 0.3) is 0 Å². The molecule has 0 N–H and O–H groups in total. The third kappa shape index (κ3) is 24.1. The number of quaternary nitrogens is 5. The van der Waals surface area contributed by atoms with Crippen LogP contribution in [0.15, 0.2) is 133 Å². The highest BCUT2D eigenvalue weighted by Gasteiger charge is 2.45. The van der Waals surface area contributed by atoms with Crippen LogP contribution in [-0.2, 0) is 27.1 Å². The molecule has 0 aliphatic heterocycles. The largest absolute Gasteiger partial charge is 0.330 e. The fraction of sp³-hybridized carbons (Fsp3) is 0.625. The van der Waals surface area contributed by atoms with Gasteiger partial charge in [0, 0.05) is 27.1 Å². The molecule has 0 unspecified atom stereocenters. The summed E-state index contributed by atoms with van der Waals surface area (Å²) in [5.41, 5.74) is 7.97. The highest BCUT2D eigenvalue weighted by molar-refractivity contribution is 5.31. The van der Waals surface area contributed by atoms with Gasteiger partial charge in [-0.15, -0.1) is 0 Å². The van der Waals surface area contributed by atoms with Gasteiger partial charge in [0.2, 0.25) is 0 Å². The van der Waals surface area contributed by atoms with Crippen LogP contribution >= 0.6 is 0 Å². The highest BCUT2D eigenvalue weighted by atomic mass is 19.1. The summed E-state index contributed by atoms with van der Waals surface area (Å²) < 4.78 is 45.4. The Kier molecular flexibility index (Phi) is 30.7. The molecule has 5 nitrogen and oxygen atoms in total. The maximum absolute atomic E-state index is 14.1. The number of likely N-dealkylation sites (N-methyl/N-ethyl adjacent to an activating group) is 5. The van der Waals surface area contributed by atoms with Gasteiger partial charge in [0.15, 0.2) is 0 Å². The van der Waals surface area contributed by atoms with Crippen LogP contribution in [0.1, 0.15) is 192 Å². The van der Waals surface area contributed by atoms with Crippen LogP contribution in [0.25, 0.3) is 0 Å². The van der Waals surface area contributed by atoms with Gasteiger partial charge < -0.3 is 22.4 Å². The molecule has 5 aromatic rings. The van der Waals surface area contributed by atoms with E-state index in [0.29, 0.717) is 10.8 Å². The summed E-state index contributed by atoms with van der Waals surface area (Å²) in [5, 5.41) is 0. The molecular formula is C80H135F3N5+5. The van der Waals surface area contributed by atoms with E-state index in [2.05, 4.69) is 172 Å². The molecule has 0 heterocycles. The number of rotatable bonds is 15. The molecule has 5 aliphatic carbocycles. The molecule has 5 saturated carbocycles. The Morgan fingerprint density at radius 1 is 0.261 bits per heavy atom. The molecule has 10 rings (SSSR count). The van der Waals surface area contributed by atoms with Crippen molar-refractivity contribution in [1.29, 1.82) is 0 Å². The van der Waals surface area contributed by atoms with Gasteiger partial charge in [-0.3, -0.25) is 0 Å². The maximum atomic E-state index is 14.1. The van der Waals surface area contributed by atoms with Gasteiger partial charge in [-0.2, -0.15) is 0 Å². The summed E-state index contributed by atoms with van der Waals surface area (Å²) in [5.74, 6) is -0.259. The van der Waals surface area contributed by atoms with E-state index < -0.39 is 0 Å². The van der Waals surface area contributed by atoms with Crippen molar-refractivity contribution in [3.63, 3.8) is 0 Å². The van der Waals surface area contributed by atoms with Gasteiger partial charge in [-0.25, -0.2) is 13.2 Å². The van der Waals surface area contributed by atoms with Crippen molar-refractivity contribution in [3.05, 3.63) is 179 Å². The average Bonchev–Trinajstić information content (AvgIpc) is 1.87. The lowest BCUT2D eigenvalue weighted by Gasteiger charge is -2.42. The average molecular weight is 1220 g/mol. The molecule has 5 fully saturated rings. The minimum absolute atomic E-state index is 0. The normalized spacial score (nSPS) is 18.8. The van der Waals surface area contributed by atoms with Crippen LogP contribution in [0.5, 0.6) is 0 Å². The molecule has 496 valence electrons. The van der Waals surface area contributed by atoms with E-state index in [1.54, 1.807) is 41.5 Å². The van der Waals surface area contributed by atoms with Crippen LogP contribution < -0.4 is 0 Å². The van der Waals surface area contributed by atoms with E-state index in [1.807, 2.05) is 30.3 Å².